The van der Waals surface area contributed by atoms with Crippen LogP contribution < -0.4 is 5.32 Å². The van der Waals surface area contributed by atoms with E-state index in [4.69, 9.17) is 0 Å². The van der Waals surface area contributed by atoms with Crippen LogP contribution in [0.25, 0.3) is 0 Å². The zero-order valence-electron chi connectivity index (χ0n) is 15.3. The van der Waals surface area contributed by atoms with Crippen molar-refractivity contribution in [3.8, 4) is 0 Å². The highest BCUT2D eigenvalue weighted by atomic mass is 15.2. The molecule has 0 radical (unpaired) electrons. The molecule has 0 amide bonds. The predicted octanol–water partition coefficient (Wildman–Crippen LogP) is 4.41. The van der Waals surface area contributed by atoms with E-state index in [0.717, 1.165) is 31.5 Å². The molecule has 1 aliphatic heterocycles. The number of hydrogen-bond acceptors (Lipinski definition) is 2. The van der Waals surface area contributed by atoms with Gasteiger partial charge in [0.1, 0.15) is 0 Å². The number of piperazine rings is 1. The smallest absolute Gasteiger partial charge is 0.0234 e. The molecule has 23 heavy (non-hydrogen) atoms. The number of nitrogens with one attached hydrogen (secondary N) is 1. The molecule has 2 aliphatic rings. The van der Waals surface area contributed by atoms with Crippen molar-refractivity contribution >= 4 is 0 Å². The molecule has 2 fully saturated rings. The lowest BCUT2D eigenvalue weighted by Gasteiger charge is -2.37. The Morgan fingerprint density at radius 2 is 1.57 bits per heavy atom. The standard InChI is InChI=1S/C21H34N2/c1-21(2,3)20-10-8-19(9-11-20)18-6-4-17(5-7-18)16-23-14-12-22-13-15-23/h4-7,19-20,22H,8-16H2,1-3H3. The highest BCUT2D eigenvalue weighted by molar-refractivity contribution is 5.26. The van der Waals surface area contributed by atoms with Crippen LogP contribution in [0, 0.1) is 11.3 Å². The van der Waals surface area contributed by atoms with Crippen LogP contribution in [0.5, 0.6) is 0 Å². The fourth-order valence-electron chi connectivity index (χ4n) is 4.32. The lowest BCUT2D eigenvalue weighted by atomic mass is 9.68. The van der Waals surface area contributed by atoms with E-state index in [1.807, 2.05) is 0 Å². The van der Waals surface area contributed by atoms with Crippen molar-refractivity contribution in [1.82, 2.24) is 10.2 Å². The Labute approximate surface area is 142 Å². The van der Waals surface area contributed by atoms with Crippen molar-refractivity contribution in [1.29, 1.82) is 0 Å². The molecule has 128 valence electrons. The first-order valence-corrected chi connectivity index (χ1v) is 9.54. The first-order chi connectivity index (χ1) is 11.0. The van der Waals surface area contributed by atoms with Crippen molar-refractivity contribution in [3.05, 3.63) is 35.4 Å². The van der Waals surface area contributed by atoms with E-state index in [2.05, 4.69) is 55.3 Å². The Balaban J connectivity index is 1.53. The van der Waals surface area contributed by atoms with Gasteiger partial charge in [0.05, 0.1) is 0 Å². The normalized spacial score (nSPS) is 27.1. The molecule has 0 atom stereocenters. The van der Waals surface area contributed by atoms with Gasteiger partial charge in [-0.25, -0.2) is 0 Å². The Bertz CT molecular complexity index is 472. The van der Waals surface area contributed by atoms with E-state index >= 15 is 0 Å². The fraction of sp³-hybridized carbons (Fsp3) is 0.714. The Kier molecular flexibility index (Phi) is 5.43. The van der Waals surface area contributed by atoms with Crippen LogP contribution in [0.1, 0.15) is 63.5 Å². The van der Waals surface area contributed by atoms with Crippen LogP contribution in [0.4, 0.5) is 0 Å². The van der Waals surface area contributed by atoms with Crippen LogP contribution in [0.2, 0.25) is 0 Å². The summed E-state index contributed by atoms with van der Waals surface area (Å²) in [6.45, 7) is 13.0. The molecule has 0 bridgehead atoms. The zero-order chi connectivity index (χ0) is 16.3. The first-order valence-electron chi connectivity index (χ1n) is 9.54. The number of rotatable bonds is 3. The Morgan fingerprint density at radius 3 is 2.13 bits per heavy atom. The van der Waals surface area contributed by atoms with Gasteiger partial charge in [-0.3, -0.25) is 4.90 Å². The quantitative estimate of drug-likeness (QED) is 0.889. The molecule has 2 heteroatoms. The van der Waals surface area contributed by atoms with E-state index in [9.17, 15) is 0 Å². The third-order valence-corrected chi connectivity index (χ3v) is 6.02. The average Bonchev–Trinajstić information content (AvgIpc) is 2.56. The Morgan fingerprint density at radius 1 is 0.957 bits per heavy atom. The van der Waals surface area contributed by atoms with Gasteiger partial charge in [-0.05, 0) is 54.1 Å². The largest absolute Gasteiger partial charge is 0.314 e. The number of benzene rings is 1. The number of nitrogens with zero attached hydrogens (tertiary/aromatic N) is 1. The summed E-state index contributed by atoms with van der Waals surface area (Å²) < 4.78 is 0. The molecule has 3 rings (SSSR count). The monoisotopic (exact) mass is 314 g/mol. The van der Waals surface area contributed by atoms with Gasteiger partial charge in [0.25, 0.3) is 0 Å². The summed E-state index contributed by atoms with van der Waals surface area (Å²) in [6, 6.07) is 9.54. The van der Waals surface area contributed by atoms with Gasteiger partial charge in [0.2, 0.25) is 0 Å². The van der Waals surface area contributed by atoms with Gasteiger partial charge in [-0.15, -0.1) is 0 Å². The minimum atomic E-state index is 0.484. The summed E-state index contributed by atoms with van der Waals surface area (Å²) in [5, 5.41) is 3.42. The van der Waals surface area contributed by atoms with Crippen LogP contribution in [0.15, 0.2) is 24.3 Å². The van der Waals surface area contributed by atoms with Gasteiger partial charge < -0.3 is 5.32 Å². The molecule has 2 nitrogen and oxygen atoms in total. The molecule has 0 spiro atoms. The molecular weight excluding hydrogens is 280 g/mol. The molecule has 1 N–H and O–H groups in total. The minimum Gasteiger partial charge on any atom is -0.314 e. The summed E-state index contributed by atoms with van der Waals surface area (Å²) in [6.07, 6.45) is 5.55. The third kappa shape index (κ3) is 4.58. The van der Waals surface area contributed by atoms with E-state index in [0.29, 0.717) is 5.41 Å². The summed E-state index contributed by atoms with van der Waals surface area (Å²) in [5.41, 5.74) is 3.53. The summed E-state index contributed by atoms with van der Waals surface area (Å²) in [5.74, 6) is 1.70. The molecule has 1 saturated carbocycles. The van der Waals surface area contributed by atoms with E-state index < -0.39 is 0 Å². The molecule has 1 heterocycles. The van der Waals surface area contributed by atoms with Gasteiger partial charge in [0, 0.05) is 32.7 Å². The SMILES string of the molecule is CC(C)(C)C1CCC(c2ccc(CN3CCNCC3)cc2)CC1. The van der Waals surface area contributed by atoms with Gasteiger partial charge in [-0.2, -0.15) is 0 Å². The number of hydrogen-bond donors (Lipinski definition) is 1. The fourth-order valence-corrected chi connectivity index (χ4v) is 4.32. The first kappa shape index (κ1) is 17.0. The van der Waals surface area contributed by atoms with Crippen molar-refractivity contribution in [2.24, 2.45) is 11.3 Å². The van der Waals surface area contributed by atoms with E-state index in [1.54, 1.807) is 5.56 Å². The van der Waals surface area contributed by atoms with Crippen molar-refractivity contribution in [3.63, 3.8) is 0 Å². The molecule has 1 saturated heterocycles. The Hall–Kier alpha value is -0.860. The third-order valence-electron chi connectivity index (χ3n) is 6.02. The highest BCUT2D eigenvalue weighted by Gasteiger charge is 2.30. The van der Waals surface area contributed by atoms with Crippen molar-refractivity contribution < 1.29 is 0 Å². The molecule has 1 aliphatic carbocycles. The van der Waals surface area contributed by atoms with E-state index in [1.165, 1.54) is 44.3 Å². The topological polar surface area (TPSA) is 15.3 Å². The van der Waals surface area contributed by atoms with Gasteiger partial charge in [-0.1, -0.05) is 45.0 Å². The van der Waals surface area contributed by atoms with Crippen LogP contribution in [0.3, 0.4) is 0 Å². The maximum Gasteiger partial charge on any atom is 0.0234 e. The van der Waals surface area contributed by atoms with Crippen molar-refractivity contribution in [2.45, 2.75) is 58.9 Å². The second kappa shape index (κ2) is 7.36. The molecule has 1 aromatic carbocycles. The summed E-state index contributed by atoms with van der Waals surface area (Å²) in [4.78, 5) is 2.56. The maximum absolute atomic E-state index is 3.42. The van der Waals surface area contributed by atoms with Crippen molar-refractivity contribution in [2.75, 3.05) is 26.2 Å². The second-order valence-corrected chi connectivity index (χ2v) is 8.68. The average molecular weight is 315 g/mol. The molecule has 1 aromatic rings. The van der Waals surface area contributed by atoms with Gasteiger partial charge in [0.15, 0.2) is 0 Å². The lowest BCUT2D eigenvalue weighted by Crippen LogP contribution is -2.42. The zero-order valence-corrected chi connectivity index (χ0v) is 15.3. The van der Waals surface area contributed by atoms with Gasteiger partial charge >= 0.3 is 0 Å². The lowest BCUT2D eigenvalue weighted by molar-refractivity contribution is 0.169. The molecule has 0 aromatic heterocycles. The van der Waals surface area contributed by atoms with Crippen LogP contribution in [-0.2, 0) is 6.54 Å². The summed E-state index contributed by atoms with van der Waals surface area (Å²) in [7, 11) is 0. The maximum atomic E-state index is 3.42. The molecule has 0 unspecified atom stereocenters. The van der Waals surface area contributed by atoms with Crippen LogP contribution >= 0.6 is 0 Å². The molecular formula is C21H34N2. The highest BCUT2D eigenvalue weighted by Crippen LogP contribution is 2.43. The van der Waals surface area contributed by atoms with Crippen LogP contribution in [-0.4, -0.2) is 31.1 Å². The predicted molar refractivity (Wildman–Crippen MR) is 98.7 cm³/mol. The summed E-state index contributed by atoms with van der Waals surface area (Å²) >= 11 is 0. The second-order valence-electron chi connectivity index (χ2n) is 8.68. The minimum absolute atomic E-state index is 0.484. The van der Waals surface area contributed by atoms with E-state index in [-0.39, 0.29) is 0 Å².